The molecule has 196 valence electrons. The van der Waals surface area contributed by atoms with E-state index in [1.165, 1.54) is 24.5 Å². The first-order valence-electron chi connectivity index (χ1n) is 12.0. The number of nitrogens with one attached hydrogen (secondary N) is 1. The third kappa shape index (κ3) is 4.95. The van der Waals surface area contributed by atoms with Gasteiger partial charge in [-0.3, -0.25) is 19.5 Å². The predicted molar refractivity (Wildman–Crippen MR) is 145 cm³/mol. The van der Waals surface area contributed by atoms with Gasteiger partial charge in [0.25, 0.3) is 15.9 Å². The third-order valence-corrected chi connectivity index (χ3v) is 8.55. The summed E-state index contributed by atoms with van der Waals surface area (Å²) in [6.07, 6.45) is 3.62. The van der Waals surface area contributed by atoms with E-state index in [-0.39, 0.29) is 28.6 Å². The third-order valence-electron chi connectivity index (χ3n) is 6.82. The van der Waals surface area contributed by atoms with Crippen molar-refractivity contribution in [1.82, 2.24) is 14.9 Å². The topological polar surface area (TPSA) is 139 Å². The minimum absolute atomic E-state index is 0.00875. The Morgan fingerprint density at radius 3 is 2.53 bits per heavy atom. The van der Waals surface area contributed by atoms with Gasteiger partial charge in [0.05, 0.1) is 16.8 Å². The molecule has 1 aromatic heterocycles. The van der Waals surface area contributed by atoms with Crippen LogP contribution in [0.1, 0.15) is 34.3 Å². The summed E-state index contributed by atoms with van der Waals surface area (Å²) in [6, 6.07) is 16.6. The first-order chi connectivity index (χ1) is 18.2. The zero-order valence-electron chi connectivity index (χ0n) is 20.3. The number of aromatic nitrogens is 2. The van der Waals surface area contributed by atoms with Gasteiger partial charge in [-0.1, -0.05) is 35.9 Å². The van der Waals surface area contributed by atoms with Gasteiger partial charge in [0.2, 0.25) is 0 Å². The van der Waals surface area contributed by atoms with Crippen LogP contribution in [0.15, 0.2) is 78.0 Å². The number of carbonyl (C=O) groups is 1. The Kier molecular flexibility index (Phi) is 7.06. The van der Waals surface area contributed by atoms with E-state index >= 15 is 0 Å². The van der Waals surface area contributed by atoms with Crippen molar-refractivity contribution in [2.75, 3.05) is 17.8 Å². The Morgan fingerprint density at radius 2 is 1.79 bits per heavy atom. The lowest BCUT2D eigenvalue weighted by atomic mass is 9.84. The molecule has 4 N–H and O–H groups in total. The molecule has 1 aliphatic rings. The lowest BCUT2D eigenvalue weighted by Crippen LogP contribution is -2.45. The lowest BCUT2D eigenvalue weighted by molar-refractivity contribution is -0.0210. The standard InChI is InChI=1S/C27H26ClN5O4S/c28-21-5-2-1-4-20(21)27(35)10-14-33(15-11-27)26(34)18-8-9-22(19(16-18)17-29)32-38(36,37)24-7-3-6-23-25(24)31-13-12-30-23/h1-9,12-13,16,32,35H,10-11,14-15,17,29H2. The molecule has 0 aliphatic carbocycles. The highest BCUT2D eigenvalue weighted by atomic mass is 35.5. The highest BCUT2D eigenvalue weighted by Gasteiger charge is 2.37. The summed E-state index contributed by atoms with van der Waals surface area (Å²) in [5.74, 6) is -0.223. The average molecular weight is 552 g/mol. The fraction of sp³-hybridized carbons (Fsp3) is 0.222. The Labute approximate surface area is 225 Å². The molecule has 9 nitrogen and oxygen atoms in total. The number of fused-ring (bicyclic) bond motifs is 1. The number of para-hydroxylation sites is 1. The van der Waals surface area contributed by atoms with Crippen molar-refractivity contribution in [2.24, 2.45) is 5.73 Å². The van der Waals surface area contributed by atoms with E-state index in [1.54, 1.807) is 41.3 Å². The second-order valence-corrected chi connectivity index (χ2v) is 11.2. The normalized spacial score (nSPS) is 15.4. The summed E-state index contributed by atoms with van der Waals surface area (Å²) in [6.45, 7) is 0.699. The van der Waals surface area contributed by atoms with E-state index < -0.39 is 15.6 Å². The van der Waals surface area contributed by atoms with E-state index in [0.717, 1.165) is 0 Å². The van der Waals surface area contributed by atoms with Crippen LogP contribution in [0.25, 0.3) is 11.0 Å². The summed E-state index contributed by atoms with van der Waals surface area (Å²) in [5, 5.41) is 11.7. The minimum atomic E-state index is -4.01. The maximum absolute atomic E-state index is 13.3. The Balaban J connectivity index is 1.34. The van der Waals surface area contributed by atoms with Crippen LogP contribution in [0.5, 0.6) is 0 Å². The number of rotatable bonds is 6. The summed E-state index contributed by atoms with van der Waals surface area (Å²) in [7, 11) is -4.01. The smallest absolute Gasteiger partial charge is 0.264 e. The summed E-state index contributed by atoms with van der Waals surface area (Å²) in [5.41, 5.74) is 7.32. The number of aliphatic hydroxyl groups is 1. The van der Waals surface area contributed by atoms with Crippen molar-refractivity contribution in [3.63, 3.8) is 0 Å². The number of anilines is 1. The molecule has 4 aromatic rings. The van der Waals surface area contributed by atoms with Gasteiger partial charge in [0, 0.05) is 48.2 Å². The number of likely N-dealkylation sites (tertiary alicyclic amines) is 1. The van der Waals surface area contributed by atoms with Crippen LogP contribution >= 0.6 is 11.6 Å². The number of hydrogen-bond acceptors (Lipinski definition) is 7. The number of nitrogens with two attached hydrogens (primary N) is 1. The van der Waals surface area contributed by atoms with Crippen LogP contribution < -0.4 is 10.5 Å². The van der Waals surface area contributed by atoms with Crippen molar-refractivity contribution in [3.8, 4) is 0 Å². The highest BCUT2D eigenvalue weighted by molar-refractivity contribution is 7.93. The van der Waals surface area contributed by atoms with Crippen molar-refractivity contribution in [2.45, 2.75) is 29.9 Å². The van der Waals surface area contributed by atoms with Gasteiger partial charge in [-0.05, 0) is 54.8 Å². The van der Waals surface area contributed by atoms with Crippen LogP contribution in [0, 0.1) is 0 Å². The molecule has 0 unspecified atom stereocenters. The second-order valence-electron chi connectivity index (χ2n) is 9.17. The first kappa shape index (κ1) is 26.1. The van der Waals surface area contributed by atoms with Gasteiger partial charge < -0.3 is 15.7 Å². The lowest BCUT2D eigenvalue weighted by Gasteiger charge is -2.39. The molecule has 0 bridgehead atoms. The van der Waals surface area contributed by atoms with Crippen molar-refractivity contribution in [1.29, 1.82) is 0 Å². The van der Waals surface area contributed by atoms with E-state index in [1.807, 2.05) is 12.1 Å². The van der Waals surface area contributed by atoms with Crippen LogP contribution in [0.2, 0.25) is 5.02 Å². The number of benzene rings is 3. The van der Waals surface area contributed by atoms with Gasteiger partial charge in [-0.2, -0.15) is 0 Å². The second kappa shape index (κ2) is 10.3. The molecule has 1 amide bonds. The van der Waals surface area contributed by atoms with Crippen LogP contribution in [0.3, 0.4) is 0 Å². The van der Waals surface area contributed by atoms with E-state index in [4.69, 9.17) is 17.3 Å². The van der Waals surface area contributed by atoms with E-state index in [2.05, 4.69) is 14.7 Å². The molecule has 0 saturated carbocycles. The molecule has 5 rings (SSSR count). The number of nitrogens with zero attached hydrogens (tertiary/aromatic N) is 3. The van der Waals surface area contributed by atoms with Gasteiger partial charge >= 0.3 is 0 Å². The number of halogens is 1. The molecule has 38 heavy (non-hydrogen) atoms. The quantitative estimate of drug-likeness (QED) is 0.332. The molecule has 0 spiro atoms. The van der Waals surface area contributed by atoms with Gasteiger partial charge in [0.15, 0.2) is 0 Å². The van der Waals surface area contributed by atoms with E-state index in [0.29, 0.717) is 53.2 Å². The molecule has 3 aromatic carbocycles. The van der Waals surface area contributed by atoms with Crippen molar-refractivity contribution >= 4 is 44.3 Å². The fourth-order valence-corrected chi connectivity index (χ4v) is 6.33. The maximum atomic E-state index is 13.3. The molecule has 2 heterocycles. The minimum Gasteiger partial charge on any atom is -0.385 e. The van der Waals surface area contributed by atoms with Gasteiger partial charge in [-0.15, -0.1) is 0 Å². The molecule has 0 radical (unpaired) electrons. The molecular formula is C27H26ClN5O4S. The molecule has 1 saturated heterocycles. The summed E-state index contributed by atoms with van der Waals surface area (Å²) in [4.78, 5) is 23.3. The average Bonchev–Trinajstić information content (AvgIpc) is 2.93. The molecular weight excluding hydrogens is 526 g/mol. The fourth-order valence-electron chi connectivity index (χ4n) is 4.75. The van der Waals surface area contributed by atoms with Crippen LogP contribution in [-0.2, 0) is 22.2 Å². The Bertz CT molecular complexity index is 1620. The van der Waals surface area contributed by atoms with Crippen LogP contribution in [0.4, 0.5) is 5.69 Å². The van der Waals surface area contributed by atoms with E-state index in [9.17, 15) is 18.3 Å². The van der Waals surface area contributed by atoms with Crippen molar-refractivity contribution < 1.29 is 18.3 Å². The summed E-state index contributed by atoms with van der Waals surface area (Å²) < 4.78 is 29.0. The molecule has 11 heteroatoms. The number of sulfonamides is 1. The number of piperidine rings is 1. The van der Waals surface area contributed by atoms with Gasteiger partial charge in [0.1, 0.15) is 10.4 Å². The monoisotopic (exact) mass is 551 g/mol. The SMILES string of the molecule is NCc1cc(C(=O)N2CCC(O)(c3ccccc3Cl)CC2)ccc1NS(=O)(=O)c1cccc2nccnc12. The first-order valence-corrected chi connectivity index (χ1v) is 13.9. The highest BCUT2D eigenvalue weighted by Crippen LogP contribution is 2.37. The maximum Gasteiger partial charge on any atom is 0.264 e. The summed E-state index contributed by atoms with van der Waals surface area (Å²) >= 11 is 6.30. The Morgan fingerprint density at radius 1 is 1.05 bits per heavy atom. The van der Waals surface area contributed by atoms with Crippen molar-refractivity contribution in [3.05, 3.63) is 94.8 Å². The van der Waals surface area contributed by atoms with Gasteiger partial charge in [-0.25, -0.2) is 8.42 Å². The molecule has 1 fully saturated rings. The number of carbonyl (C=O) groups excluding carboxylic acids is 1. The molecule has 1 aliphatic heterocycles. The van der Waals surface area contributed by atoms with Crippen LogP contribution in [-0.4, -0.2) is 47.4 Å². The number of hydrogen-bond donors (Lipinski definition) is 3. The Hall–Kier alpha value is -3.57. The molecule has 0 atom stereocenters. The zero-order valence-corrected chi connectivity index (χ0v) is 21.9. The zero-order chi connectivity index (χ0) is 26.9. The largest absolute Gasteiger partial charge is 0.385 e. The number of amides is 1. The predicted octanol–water partition coefficient (Wildman–Crippen LogP) is 3.67.